The molecule has 2 aromatic rings. The van der Waals surface area contributed by atoms with Crippen molar-refractivity contribution in [2.24, 2.45) is 5.92 Å². The quantitative estimate of drug-likeness (QED) is 0.613. The van der Waals surface area contributed by atoms with Gasteiger partial charge in [0.25, 0.3) is 5.91 Å². The second kappa shape index (κ2) is 11.8. The normalized spacial score (nSPS) is 23.7. The molecule has 8 nitrogen and oxygen atoms in total. The largest absolute Gasteiger partial charge is 0.381 e. The molecule has 0 saturated carbocycles. The van der Waals surface area contributed by atoms with E-state index in [1.807, 2.05) is 25.2 Å². The fraction of sp³-hybridized carbons (Fsp3) is 0.520. The zero-order chi connectivity index (χ0) is 24.8. The number of carbonyl (C=O) groups is 1. The van der Waals surface area contributed by atoms with Crippen LogP contribution in [-0.4, -0.2) is 72.2 Å². The Balaban J connectivity index is 1.64. The number of hydrogen-bond acceptors (Lipinski definition) is 8. The molecule has 1 unspecified atom stereocenters. The van der Waals surface area contributed by atoms with Crippen LogP contribution in [0, 0.1) is 5.92 Å². The predicted octanol–water partition coefficient (Wildman–Crippen LogP) is 4.09. The van der Waals surface area contributed by atoms with Gasteiger partial charge in [-0.25, -0.2) is 19.3 Å². The number of ether oxygens (including phenoxy) is 1. The molecule has 35 heavy (non-hydrogen) atoms. The minimum atomic E-state index is -0.261. The standard InChI is InChI=1S/C25H33FN6O2S/c1-4-17-14-19(26)6-5-10-32(15-18(17)7-11-31(2)3)22-21-24(28-16-27-22)35-25(30-21)23(33)29-20-8-12-34-13-9-20/h5-6,10,14,16,18,20H,4,7-9,11-13,15H2,1-3H3,(H,29,33)/b10-5+,17-14+,19-6+. The Kier molecular flexibility index (Phi) is 8.59. The lowest BCUT2D eigenvalue weighted by Crippen LogP contribution is -2.38. The number of anilines is 1. The van der Waals surface area contributed by atoms with Gasteiger partial charge in [0, 0.05) is 32.0 Å². The maximum atomic E-state index is 14.5. The van der Waals surface area contributed by atoms with E-state index in [-0.39, 0.29) is 23.7 Å². The highest BCUT2D eigenvalue weighted by atomic mass is 32.1. The van der Waals surface area contributed by atoms with Gasteiger partial charge in [0.2, 0.25) is 0 Å². The van der Waals surface area contributed by atoms with E-state index in [9.17, 15) is 9.18 Å². The molecule has 10 heteroatoms. The van der Waals surface area contributed by atoms with Crippen LogP contribution in [-0.2, 0) is 4.74 Å². The molecule has 1 fully saturated rings. The SMILES string of the molecule is CC\C1=C/C(F)=C\C=C\N(c2ncnc3sc(C(=O)NC4CCOCC4)nc23)CC1CCN(C)C. The van der Waals surface area contributed by atoms with Gasteiger partial charge in [0.05, 0.1) is 0 Å². The zero-order valence-corrected chi connectivity index (χ0v) is 21.4. The van der Waals surface area contributed by atoms with Crippen LogP contribution in [0.5, 0.6) is 0 Å². The topological polar surface area (TPSA) is 83.5 Å². The number of rotatable bonds is 7. The van der Waals surface area contributed by atoms with E-state index < -0.39 is 0 Å². The average Bonchev–Trinajstić information content (AvgIpc) is 3.31. The number of carbonyl (C=O) groups excluding carboxylic acids is 1. The maximum absolute atomic E-state index is 14.5. The molecule has 0 aliphatic carbocycles. The number of nitrogens with one attached hydrogen (secondary N) is 1. The first-order chi connectivity index (χ1) is 16.9. The summed E-state index contributed by atoms with van der Waals surface area (Å²) in [6, 6.07) is 0.0910. The average molecular weight is 501 g/mol. The lowest BCUT2D eigenvalue weighted by molar-refractivity contribution is 0.0696. The van der Waals surface area contributed by atoms with Crippen molar-refractivity contribution in [2.75, 3.05) is 45.3 Å². The number of hydrogen-bond donors (Lipinski definition) is 1. The fourth-order valence-electron chi connectivity index (χ4n) is 4.37. The first-order valence-electron chi connectivity index (χ1n) is 12.1. The summed E-state index contributed by atoms with van der Waals surface area (Å²) in [5.74, 6) is 0.289. The highest BCUT2D eigenvalue weighted by Gasteiger charge is 2.24. The highest BCUT2D eigenvalue weighted by molar-refractivity contribution is 7.19. The van der Waals surface area contributed by atoms with Crippen molar-refractivity contribution in [3.05, 3.63) is 47.2 Å². The maximum Gasteiger partial charge on any atom is 0.280 e. The van der Waals surface area contributed by atoms with E-state index in [4.69, 9.17) is 4.74 Å². The number of fused-ring (bicyclic) bond motifs is 1. The number of allylic oxidation sites excluding steroid dienone is 4. The van der Waals surface area contributed by atoms with E-state index >= 15 is 0 Å². The Bertz CT molecular complexity index is 1120. The molecule has 4 rings (SSSR count). The minimum Gasteiger partial charge on any atom is -0.381 e. The van der Waals surface area contributed by atoms with E-state index in [0.29, 0.717) is 40.9 Å². The zero-order valence-electron chi connectivity index (χ0n) is 20.5. The Hall–Kier alpha value is -2.69. The van der Waals surface area contributed by atoms with Crippen molar-refractivity contribution in [3.63, 3.8) is 0 Å². The molecular weight excluding hydrogens is 467 g/mol. The summed E-state index contributed by atoms with van der Waals surface area (Å²) in [5.41, 5.74) is 1.64. The first-order valence-corrected chi connectivity index (χ1v) is 12.9. The van der Waals surface area contributed by atoms with Crippen LogP contribution in [0.2, 0.25) is 0 Å². The molecule has 1 N–H and O–H groups in total. The summed E-state index contributed by atoms with van der Waals surface area (Å²) in [6.07, 6.45) is 11.4. The second-order valence-corrected chi connectivity index (χ2v) is 10.1. The highest BCUT2D eigenvalue weighted by Crippen LogP contribution is 2.31. The molecule has 0 spiro atoms. The van der Waals surface area contributed by atoms with Crippen molar-refractivity contribution >= 4 is 33.4 Å². The molecule has 2 aromatic heterocycles. The van der Waals surface area contributed by atoms with Crippen LogP contribution >= 0.6 is 11.3 Å². The number of amides is 1. The molecule has 2 aliphatic rings. The van der Waals surface area contributed by atoms with Gasteiger partial charge in [-0.15, -0.1) is 0 Å². The van der Waals surface area contributed by atoms with Gasteiger partial charge in [-0.05, 0) is 70.5 Å². The van der Waals surface area contributed by atoms with Crippen molar-refractivity contribution in [2.45, 2.75) is 38.6 Å². The van der Waals surface area contributed by atoms with Gasteiger partial charge in [-0.2, -0.15) is 0 Å². The number of halogens is 1. The lowest BCUT2D eigenvalue weighted by Gasteiger charge is -2.28. The molecule has 2 aliphatic heterocycles. The Labute approximate surface area is 209 Å². The first kappa shape index (κ1) is 25.4. The monoisotopic (exact) mass is 500 g/mol. The van der Waals surface area contributed by atoms with Crippen molar-refractivity contribution in [1.82, 2.24) is 25.2 Å². The van der Waals surface area contributed by atoms with E-state index in [1.54, 1.807) is 12.2 Å². The molecule has 1 atom stereocenters. The third kappa shape index (κ3) is 6.50. The van der Waals surface area contributed by atoms with Gasteiger partial charge < -0.3 is 19.9 Å². The minimum absolute atomic E-state index is 0.0910. The Morgan fingerprint density at radius 3 is 2.86 bits per heavy atom. The molecule has 0 radical (unpaired) electrons. The lowest BCUT2D eigenvalue weighted by atomic mass is 9.92. The van der Waals surface area contributed by atoms with Crippen LogP contribution in [0.15, 0.2) is 42.2 Å². The van der Waals surface area contributed by atoms with Crippen LogP contribution in [0.4, 0.5) is 10.2 Å². The molecule has 0 aromatic carbocycles. The summed E-state index contributed by atoms with van der Waals surface area (Å²) < 4.78 is 19.9. The smallest absolute Gasteiger partial charge is 0.280 e. The summed E-state index contributed by atoms with van der Waals surface area (Å²) in [5, 5.41) is 3.43. The van der Waals surface area contributed by atoms with Gasteiger partial charge in [0.1, 0.15) is 22.5 Å². The van der Waals surface area contributed by atoms with Crippen LogP contribution in [0.3, 0.4) is 0 Å². The van der Waals surface area contributed by atoms with Gasteiger partial charge >= 0.3 is 0 Å². The third-order valence-electron chi connectivity index (χ3n) is 6.32. The number of thiazole rings is 1. The molecular formula is C25H33FN6O2S. The van der Waals surface area contributed by atoms with Crippen molar-refractivity contribution in [3.8, 4) is 0 Å². The summed E-state index contributed by atoms with van der Waals surface area (Å²) in [4.78, 5) is 31.2. The summed E-state index contributed by atoms with van der Waals surface area (Å²) in [7, 11) is 4.08. The van der Waals surface area contributed by atoms with Gasteiger partial charge in [-0.3, -0.25) is 4.79 Å². The number of nitrogens with zero attached hydrogens (tertiary/aromatic N) is 5. The predicted molar refractivity (Wildman–Crippen MR) is 137 cm³/mol. The van der Waals surface area contributed by atoms with E-state index in [2.05, 4.69) is 32.1 Å². The van der Waals surface area contributed by atoms with Crippen LogP contribution in [0.1, 0.15) is 42.4 Å². The van der Waals surface area contributed by atoms with Crippen molar-refractivity contribution < 1.29 is 13.9 Å². The van der Waals surface area contributed by atoms with Crippen molar-refractivity contribution in [1.29, 1.82) is 0 Å². The second-order valence-electron chi connectivity index (χ2n) is 9.14. The van der Waals surface area contributed by atoms with Crippen LogP contribution in [0.25, 0.3) is 10.3 Å². The molecule has 4 heterocycles. The molecule has 1 saturated heterocycles. The Morgan fingerprint density at radius 1 is 1.31 bits per heavy atom. The van der Waals surface area contributed by atoms with Gasteiger partial charge in [0.15, 0.2) is 10.8 Å². The fourth-order valence-corrected chi connectivity index (χ4v) is 5.18. The van der Waals surface area contributed by atoms with Gasteiger partial charge in [-0.1, -0.05) is 23.8 Å². The summed E-state index contributed by atoms with van der Waals surface area (Å²) in [6.45, 7) is 4.87. The third-order valence-corrected chi connectivity index (χ3v) is 7.28. The summed E-state index contributed by atoms with van der Waals surface area (Å²) >= 11 is 1.26. The van der Waals surface area contributed by atoms with E-state index in [1.165, 1.54) is 23.7 Å². The number of aromatic nitrogens is 3. The molecule has 188 valence electrons. The van der Waals surface area contributed by atoms with E-state index in [0.717, 1.165) is 37.8 Å². The Morgan fingerprint density at radius 2 is 2.11 bits per heavy atom. The molecule has 0 bridgehead atoms. The molecule has 1 amide bonds. The van der Waals surface area contributed by atoms with Crippen LogP contribution < -0.4 is 10.2 Å².